The molecule has 33 heavy (non-hydrogen) atoms. The molecule has 10 heteroatoms. The van der Waals surface area contributed by atoms with Gasteiger partial charge in [0.25, 0.3) is 0 Å². The molecule has 0 saturated carbocycles. The monoisotopic (exact) mass is 471 g/mol. The van der Waals surface area contributed by atoms with Gasteiger partial charge in [-0.15, -0.1) is 0 Å². The van der Waals surface area contributed by atoms with Crippen molar-refractivity contribution in [3.8, 4) is 17.1 Å². The summed E-state index contributed by atoms with van der Waals surface area (Å²) in [5.41, 5.74) is 1.39. The van der Waals surface area contributed by atoms with Crippen molar-refractivity contribution in [3.63, 3.8) is 0 Å². The number of nitrogens with one attached hydrogen (secondary N) is 1. The summed E-state index contributed by atoms with van der Waals surface area (Å²) in [6, 6.07) is 17.1. The fourth-order valence-electron chi connectivity index (χ4n) is 3.91. The predicted molar refractivity (Wildman–Crippen MR) is 121 cm³/mol. The molecule has 9 nitrogen and oxygen atoms in total. The standard InChI is InChI=1S/C23H25N3O6S/c27-23(28)25-20(17-6-2-1-3-7-17)16-33(29,30)26-14-11-18(12-15-26)31-21-9-5-4-8-19(21)22-10-13-24-32-22/h1-10,13,18,20,25H,11-12,14-16H2,(H,27,28)/t20-/m0/s1. The van der Waals surface area contributed by atoms with Crippen LogP contribution in [0.1, 0.15) is 24.4 Å². The summed E-state index contributed by atoms with van der Waals surface area (Å²) in [6.07, 6.45) is 1.19. The highest BCUT2D eigenvalue weighted by molar-refractivity contribution is 7.89. The molecular weight excluding hydrogens is 446 g/mol. The Morgan fingerprint density at radius 1 is 1.12 bits per heavy atom. The van der Waals surface area contributed by atoms with Gasteiger partial charge in [0, 0.05) is 19.2 Å². The van der Waals surface area contributed by atoms with Crippen LogP contribution in [0, 0.1) is 0 Å². The van der Waals surface area contributed by atoms with E-state index in [1.807, 2.05) is 24.3 Å². The fourth-order valence-corrected chi connectivity index (χ4v) is 5.58. The van der Waals surface area contributed by atoms with Crippen molar-refractivity contribution in [2.45, 2.75) is 25.0 Å². The van der Waals surface area contributed by atoms with Crippen LogP contribution in [0.5, 0.6) is 5.75 Å². The summed E-state index contributed by atoms with van der Waals surface area (Å²) in [7, 11) is -3.69. The van der Waals surface area contributed by atoms with E-state index in [0.29, 0.717) is 43.0 Å². The first-order valence-electron chi connectivity index (χ1n) is 10.6. The first-order valence-corrected chi connectivity index (χ1v) is 12.2. The maximum atomic E-state index is 13.1. The highest BCUT2D eigenvalue weighted by atomic mass is 32.2. The Morgan fingerprint density at radius 3 is 2.48 bits per heavy atom. The largest absolute Gasteiger partial charge is 0.490 e. The number of sulfonamides is 1. The smallest absolute Gasteiger partial charge is 0.405 e. The van der Waals surface area contributed by atoms with Crippen LogP contribution in [0.25, 0.3) is 11.3 Å². The number of ether oxygens (including phenoxy) is 1. The first kappa shape index (κ1) is 22.8. The number of aromatic nitrogens is 1. The molecule has 1 amide bonds. The highest BCUT2D eigenvalue weighted by Gasteiger charge is 2.32. The zero-order valence-electron chi connectivity index (χ0n) is 17.8. The summed E-state index contributed by atoms with van der Waals surface area (Å²) in [5, 5.41) is 15.2. The van der Waals surface area contributed by atoms with Crippen LogP contribution in [-0.4, -0.2) is 54.0 Å². The SMILES string of the molecule is O=C(O)N[C@@H](CS(=O)(=O)N1CCC(Oc2ccccc2-c2ccno2)CC1)c1ccccc1. The number of para-hydroxylation sites is 1. The molecule has 2 heterocycles. The van der Waals surface area contributed by atoms with E-state index in [1.54, 1.807) is 42.6 Å². The highest BCUT2D eigenvalue weighted by Crippen LogP contribution is 2.32. The number of benzene rings is 2. The Balaban J connectivity index is 1.40. The lowest BCUT2D eigenvalue weighted by Crippen LogP contribution is -2.45. The molecule has 0 bridgehead atoms. The third-order valence-corrected chi connectivity index (χ3v) is 7.46. The Kier molecular flexibility index (Phi) is 6.95. The van der Waals surface area contributed by atoms with Crippen LogP contribution in [-0.2, 0) is 10.0 Å². The molecule has 174 valence electrons. The lowest BCUT2D eigenvalue weighted by molar-refractivity contribution is 0.135. The molecule has 2 N–H and O–H groups in total. The number of piperidine rings is 1. The van der Waals surface area contributed by atoms with Crippen molar-refractivity contribution in [2.75, 3.05) is 18.8 Å². The number of hydrogen-bond donors (Lipinski definition) is 2. The second kappa shape index (κ2) is 10.1. The molecule has 1 fully saturated rings. The van der Waals surface area contributed by atoms with E-state index < -0.39 is 22.2 Å². The van der Waals surface area contributed by atoms with Gasteiger partial charge in [0.1, 0.15) is 11.9 Å². The molecule has 1 aliphatic heterocycles. The Bertz CT molecular complexity index is 1160. The molecule has 4 rings (SSSR count). The van der Waals surface area contributed by atoms with Gasteiger partial charge >= 0.3 is 6.09 Å². The minimum absolute atomic E-state index is 0.150. The summed E-state index contributed by atoms with van der Waals surface area (Å²) >= 11 is 0. The van der Waals surface area contributed by atoms with E-state index in [4.69, 9.17) is 9.26 Å². The Hall–Kier alpha value is -3.37. The van der Waals surface area contributed by atoms with Crippen LogP contribution >= 0.6 is 0 Å². The number of amides is 1. The molecule has 1 atom stereocenters. The molecule has 3 aromatic rings. The van der Waals surface area contributed by atoms with Crippen molar-refractivity contribution in [1.82, 2.24) is 14.8 Å². The van der Waals surface area contributed by atoms with Gasteiger partial charge in [-0.1, -0.05) is 47.6 Å². The summed E-state index contributed by atoms with van der Waals surface area (Å²) in [5.74, 6) is 0.914. The van der Waals surface area contributed by atoms with E-state index in [1.165, 1.54) is 4.31 Å². The van der Waals surface area contributed by atoms with Crippen LogP contribution in [0.4, 0.5) is 4.79 Å². The molecular formula is C23H25N3O6S. The number of hydrogen-bond acceptors (Lipinski definition) is 6. The molecule has 1 aliphatic rings. The minimum Gasteiger partial charge on any atom is -0.490 e. The van der Waals surface area contributed by atoms with Crippen molar-refractivity contribution >= 4 is 16.1 Å². The van der Waals surface area contributed by atoms with E-state index in [2.05, 4.69) is 10.5 Å². The van der Waals surface area contributed by atoms with E-state index in [9.17, 15) is 18.3 Å². The van der Waals surface area contributed by atoms with Crippen molar-refractivity contribution < 1.29 is 27.6 Å². The summed E-state index contributed by atoms with van der Waals surface area (Å²) in [4.78, 5) is 11.2. The third-order valence-electron chi connectivity index (χ3n) is 5.56. The molecule has 0 aliphatic carbocycles. The Labute approximate surface area is 192 Å². The van der Waals surface area contributed by atoms with Gasteiger partial charge in [-0.3, -0.25) is 0 Å². The minimum atomic E-state index is -3.69. The average Bonchev–Trinajstić information content (AvgIpc) is 3.34. The van der Waals surface area contributed by atoms with E-state index in [-0.39, 0.29) is 11.9 Å². The topological polar surface area (TPSA) is 122 Å². The maximum Gasteiger partial charge on any atom is 0.405 e. The second-order valence-corrected chi connectivity index (χ2v) is 9.79. The van der Waals surface area contributed by atoms with Gasteiger partial charge in [-0.2, -0.15) is 0 Å². The third kappa shape index (κ3) is 5.71. The zero-order valence-corrected chi connectivity index (χ0v) is 18.6. The molecule has 1 aromatic heterocycles. The molecule has 0 unspecified atom stereocenters. The van der Waals surface area contributed by atoms with Gasteiger partial charge in [0.15, 0.2) is 5.76 Å². The van der Waals surface area contributed by atoms with Crippen LogP contribution in [0.2, 0.25) is 0 Å². The van der Waals surface area contributed by atoms with Gasteiger partial charge < -0.3 is 19.7 Å². The predicted octanol–water partition coefficient (Wildman–Crippen LogP) is 3.52. The lowest BCUT2D eigenvalue weighted by Gasteiger charge is -2.32. The van der Waals surface area contributed by atoms with Gasteiger partial charge in [-0.25, -0.2) is 17.5 Å². The quantitative estimate of drug-likeness (QED) is 0.515. The number of carbonyl (C=O) groups is 1. The zero-order chi connectivity index (χ0) is 23.3. The van der Waals surface area contributed by atoms with Gasteiger partial charge in [0.2, 0.25) is 10.0 Å². The van der Waals surface area contributed by atoms with E-state index >= 15 is 0 Å². The summed E-state index contributed by atoms with van der Waals surface area (Å²) < 4.78 is 38.9. The van der Waals surface area contributed by atoms with Crippen LogP contribution < -0.4 is 10.1 Å². The number of nitrogens with zero attached hydrogens (tertiary/aromatic N) is 2. The summed E-state index contributed by atoms with van der Waals surface area (Å²) in [6.45, 7) is 0.595. The number of rotatable bonds is 8. The molecule has 0 radical (unpaired) electrons. The number of carboxylic acid groups (broad SMARTS) is 1. The maximum absolute atomic E-state index is 13.1. The average molecular weight is 472 g/mol. The Morgan fingerprint density at radius 2 is 1.82 bits per heavy atom. The molecule has 0 spiro atoms. The normalized spacial score (nSPS) is 16.2. The lowest BCUT2D eigenvalue weighted by atomic mass is 10.1. The van der Waals surface area contributed by atoms with Crippen LogP contribution in [0.15, 0.2) is 71.4 Å². The first-order chi connectivity index (χ1) is 15.9. The molecule has 1 saturated heterocycles. The van der Waals surface area contributed by atoms with Gasteiger partial charge in [-0.05, 0) is 30.5 Å². The van der Waals surface area contributed by atoms with Crippen LogP contribution in [0.3, 0.4) is 0 Å². The van der Waals surface area contributed by atoms with E-state index in [0.717, 1.165) is 5.56 Å². The van der Waals surface area contributed by atoms with Crippen molar-refractivity contribution in [2.24, 2.45) is 0 Å². The second-order valence-electron chi connectivity index (χ2n) is 7.78. The fraction of sp³-hybridized carbons (Fsp3) is 0.304. The van der Waals surface area contributed by atoms with Crippen molar-refractivity contribution in [1.29, 1.82) is 0 Å². The van der Waals surface area contributed by atoms with Gasteiger partial charge in [0.05, 0.1) is 23.6 Å². The van der Waals surface area contributed by atoms with Crippen molar-refractivity contribution in [3.05, 3.63) is 72.4 Å². The molecule has 2 aromatic carbocycles.